The fourth-order valence-electron chi connectivity index (χ4n) is 5.49. The number of benzene rings is 5. The molecule has 5 aromatic carbocycles. The first-order valence-corrected chi connectivity index (χ1v) is 14.3. The monoisotopic (exact) mass is 519 g/mol. The Morgan fingerprint density at radius 3 is 1.67 bits per heavy atom. The Morgan fingerprint density at radius 2 is 1.05 bits per heavy atom. The van der Waals surface area contributed by atoms with Crippen LogP contribution in [0.5, 0.6) is 23.0 Å². The lowest BCUT2D eigenvalue weighted by Gasteiger charge is -2.36. The maximum atomic E-state index is 6.80. The average molecular weight is 520 g/mol. The van der Waals surface area contributed by atoms with Crippen LogP contribution < -0.4 is 25.4 Å². The van der Waals surface area contributed by atoms with Crippen molar-refractivity contribution in [3.05, 3.63) is 134 Å². The van der Waals surface area contributed by atoms with Crippen LogP contribution >= 0.6 is 7.92 Å². The number of nitrogens with zero attached hydrogens (tertiary/aromatic N) is 1. The largest absolute Gasteiger partial charge is 0.456 e. The van der Waals surface area contributed by atoms with Gasteiger partial charge in [-0.25, -0.2) is 0 Å². The average Bonchev–Trinajstić information content (AvgIpc) is 3.01. The molecular formula is C35H22NO2P. The van der Waals surface area contributed by atoms with Crippen molar-refractivity contribution in [1.82, 2.24) is 4.98 Å². The summed E-state index contributed by atoms with van der Waals surface area (Å²) in [4.78, 5) is 4.23. The first kappa shape index (κ1) is 22.3. The number of aromatic nitrogens is 1. The third-order valence-corrected chi connectivity index (χ3v) is 9.93. The van der Waals surface area contributed by atoms with Gasteiger partial charge in [0.2, 0.25) is 0 Å². The maximum absolute atomic E-state index is 6.80. The topological polar surface area (TPSA) is 31.4 Å². The van der Waals surface area contributed by atoms with E-state index in [1.54, 1.807) is 0 Å². The molecule has 8 rings (SSSR count). The maximum Gasteiger partial charge on any atom is 0.147 e. The van der Waals surface area contributed by atoms with Crippen molar-refractivity contribution >= 4 is 23.8 Å². The summed E-state index contributed by atoms with van der Waals surface area (Å²) in [6.45, 7) is 0. The van der Waals surface area contributed by atoms with E-state index >= 15 is 0 Å². The summed E-state index contributed by atoms with van der Waals surface area (Å²) >= 11 is 0. The highest BCUT2D eigenvalue weighted by atomic mass is 31.1. The van der Waals surface area contributed by atoms with Crippen molar-refractivity contribution in [3.63, 3.8) is 0 Å². The lowest BCUT2D eigenvalue weighted by molar-refractivity contribution is 0.468. The van der Waals surface area contributed by atoms with Gasteiger partial charge >= 0.3 is 0 Å². The summed E-state index contributed by atoms with van der Waals surface area (Å²) in [6.07, 6.45) is 3.65. The Labute approximate surface area is 228 Å². The number of hydrogen-bond donors (Lipinski definition) is 0. The summed E-state index contributed by atoms with van der Waals surface area (Å²) in [5.74, 6) is 3.56. The van der Waals surface area contributed by atoms with Crippen LogP contribution in [0.2, 0.25) is 0 Å². The number of fused-ring (bicyclic) bond motifs is 4. The Kier molecular flexibility index (Phi) is 5.11. The molecule has 1 atom stereocenters. The molecule has 1 aromatic heterocycles. The van der Waals surface area contributed by atoms with Crippen LogP contribution in [-0.4, -0.2) is 4.98 Å². The van der Waals surface area contributed by atoms with Crippen molar-refractivity contribution in [2.75, 3.05) is 0 Å². The predicted molar refractivity (Wildman–Crippen MR) is 159 cm³/mol. The number of pyridine rings is 1. The molecule has 0 radical (unpaired) electrons. The molecule has 0 bridgehead atoms. The molecule has 1 unspecified atom stereocenters. The van der Waals surface area contributed by atoms with E-state index in [4.69, 9.17) is 9.47 Å². The molecule has 2 aliphatic heterocycles. The first-order valence-electron chi connectivity index (χ1n) is 13.0. The van der Waals surface area contributed by atoms with Crippen molar-refractivity contribution in [3.8, 4) is 56.4 Å². The standard InChI is InChI=1S/C35H22NO2P/c1-3-7-23(8-4-1)26-11-15-32-30(21-26)37-29-14-13-28(25-17-19-36-20-18-25)34-35(29)39(32)33-16-12-27(22-31(33)38-34)24-9-5-2-6-10-24/h1-22H. The van der Waals surface area contributed by atoms with Crippen molar-refractivity contribution in [2.45, 2.75) is 0 Å². The van der Waals surface area contributed by atoms with E-state index < -0.39 is 7.92 Å². The smallest absolute Gasteiger partial charge is 0.147 e. The van der Waals surface area contributed by atoms with E-state index in [2.05, 4.69) is 102 Å². The normalized spacial score (nSPS) is 14.3. The first-order chi connectivity index (χ1) is 19.3. The molecule has 0 N–H and O–H groups in total. The van der Waals surface area contributed by atoms with E-state index in [0.29, 0.717) is 0 Å². The zero-order chi connectivity index (χ0) is 25.8. The molecule has 6 aromatic rings. The van der Waals surface area contributed by atoms with Gasteiger partial charge in [-0.3, -0.25) is 4.98 Å². The Morgan fingerprint density at radius 1 is 0.462 bits per heavy atom. The van der Waals surface area contributed by atoms with E-state index in [1.807, 2.05) is 36.7 Å². The van der Waals surface area contributed by atoms with Crippen LogP contribution in [0.15, 0.2) is 134 Å². The minimum Gasteiger partial charge on any atom is -0.456 e. The summed E-state index contributed by atoms with van der Waals surface area (Å²) in [5.41, 5.74) is 6.76. The lowest BCUT2D eigenvalue weighted by atomic mass is 10.0. The predicted octanol–water partition coefficient (Wildman–Crippen LogP) is 8.05. The number of rotatable bonds is 3. The molecule has 184 valence electrons. The third-order valence-electron chi connectivity index (χ3n) is 7.36. The van der Waals surface area contributed by atoms with Crippen molar-refractivity contribution in [2.24, 2.45) is 0 Å². The molecule has 0 amide bonds. The molecule has 39 heavy (non-hydrogen) atoms. The van der Waals surface area contributed by atoms with Gasteiger partial charge in [0, 0.05) is 36.5 Å². The van der Waals surface area contributed by atoms with Crippen LogP contribution in [0.25, 0.3) is 33.4 Å². The molecule has 4 heteroatoms. The Bertz CT molecular complexity index is 1840. The van der Waals surface area contributed by atoms with Gasteiger partial charge in [-0.15, -0.1) is 0 Å². The van der Waals surface area contributed by atoms with E-state index in [-0.39, 0.29) is 0 Å². The summed E-state index contributed by atoms with van der Waals surface area (Å²) in [6, 6.07) is 42.5. The molecule has 3 nitrogen and oxygen atoms in total. The van der Waals surface area contributed by atoms with Gasteiger partial charge in [-0.1, -0.05) is 72.8 Å². The highest BCUT2D eigenvalue weighted by molar-refractivity contribution is 7.80. The summed E-state index contributed by atoms with van der Waals surface area (Å²) in [7, 11) is -0.886. The Balaban J connectivity index is 1.35. The second kappa shape index (κ2) is 8.94. The summed E-state index contributed by atoms with van der Waals surface area (Å²) in [5, 5.41) is 3.56. The SMILES string of the molecule is c1ccc(-c2ccc3c(c2)Oc2ccc(-c4ccncc4)c4c2P3c2ccc(-c3ccccc3)cc2O4)cc1. The molecule has 0 spiro atoms. The third kappa shape index (κ3) is 3.66. The fraction of sp³-hybridized carbons (Fsp3) is 0. The van der Waals surface area contributed by atoms with E-state index in [9.17, 15) is 0 Å². The van der Waals surface area contributed by atoms with Gasteiger partial charge in [0.05, 0.1) is 5.30 Å². The molecule has 0 fully saturated rings. The molecule has 0 aliphatic carbocycles. The quantitative estimate of drug-likeness (QED) is 0.221. The van der Waals surface area contributed by atoms with E-state index in [0.717, 1.165) is 50.6 Å². The van der Waals surface area contributed by atoms with Gasteiger partial charge in [0.15, 0.2) is 0 Å². The molecular weight excluding hydrogens is 497 g/mol. The zero-order valence-electron chi connectivity index (χ0n) is 20.9. The molecule has 0 saturated carbocycles. The molecule has 3 heterocycles. The van der Waals surface area contributed by atoms with Crippen molar-refractivity contribution in [1.29, 1.82) is 0 Å². The van der Waals surface area contributed by atoms with Gasteiger partial charge in [-0.05, 0) is 76.3 Å². The number of hydrogen-bond acceptors (Lipinski definition) is 3. The highest BCUT2D eigenvalue weighted by Crippen LogP contribution is 2.55. The minimum atomic E-state index is -0.886. The molecule has 2 aliphatic rings. The second-order valence-electron chi connectivity index (χ2n) is 9.66. The van der Waals surface area contributed by atoms with Crippen LogP contribution in [0.4, 0.5) is 0 Å². The van der Waals surface area contributed by atoms with Crippen LogP contribution in [0, 0.1) is 0 Å². The van der Waals surface area contributed by atoms with Gasteiger partial charge in [-0.2, -0.15) is 0 Å². The lowest BCUT2D eigenvalue weighted by Crippen LogP contribution is -2.32. The van der Waals surface area contributed by atoms with Gasteiger partial charge < -0.3 is 9.47 Å². The molecule has 0 saturated heterocycles. The number of ether oxygens (including phenoxy) is 2. The van der Waals surface area contributed by atoms with Crippen LogP contribution in [0.3, 0.4) is 0 Å². The van der Waals surface area contributed by atoms with Gasteiger partial charge in [0.25, 0.3) is 0 Å². The minimum absolute atomic E-state index is 0.865. The van der Waals surface area contributed by atoms with Crippen molar-refractivity contribution < 1.29 is 9.47 Å². The summed E-state index contributed by atoms with van der Waals surface area (Å²) < 4.78 is 13.4. The van der Waals surface area contributed by atoms with Crippen LogP contribution in [0.1, 0.15) is 0 Å². The zero-order valence-corrected chi connectivity index (χ0v) is 21.8. The highest BCUT2D eigenvalue weighted by Gasteiger charge is 2.38. The fourth-order valence-corrected chi connectivity index (χ4v) is 8.05. The Hall–Kier alpha value is -4.72. The van der Waals surface area contributed by atoms with Crippen LogP contribution in [-0.2, 0) is 0 Å². The van der Waals surface area contributed by atoms with Gasteiger partial charge in [0.1, 0.15) is 23.0 Å². The van der Waals surface area contributed by atoms with E-state index in [1.165, 1.54) is 21.7 Å². The second-order valence-corrected chi connectivity index (χ2v) is 11.7.